The highest BCUT2D eigenvalue weighted by Gasteiger charge is 2.14. The summed E-state index contributed by atoms with van der Waals surface area (Å²) in [5, 5.41) is 18.3. The number of aromatic carboxylic acids is 1. The van der Waals surface area contributed by atoms with E-state index in [1.807, 2.05) is 0 Å². The number of pyridine rings is 1. The second kappa shape index (κ2) is 5.11. The molecule has 1 heterocycles. The zero-order chi connectivity index (χ0) is 14.0. The summed E-state index contributed by atoms with van der Waals surface area (Å²) < 4.78 is 6.61. The van der Waals surface area contributed by atoms with Crippen molar-refractivity contribution in [1.29, 1.82) is 0 Å². The normalized spacial score (nSPS) is 10.6. The number of carboxylic acid groups (broad SMARTS) is 1. The van der Waals surface area contributed by atoms with Crippen molar-refractivity contribution < 1.29 is 19.7 Å². The summed E-state index contributed by atoms with van der Waals surface area (Å²) in [7, 11) is 1.50. The third-order valence-corrected chi connectivity index (χ3v) is 2.86. The third kappa shape index (κ3) is 2.30. The van der Waals surface area contributed by atoms with E-state index >= 15 is 0 Å². The smallest absolute Gasteiger partial charge is 0.341 e. The van der Waals surface area contributed by atoms with Gasteiger partial charge in [-0.1, -0.05) is 0 Å². The number of benzene rings is 1. The van der Waals surface area contributed by atoms with Gasteiger partial charge in [-0.25, -0.2) is 4.79 Å². The lowest BCUT2D eigenvalue weighted by atomic mass is 10.1. The van der Waals surface area contributed by atoms with Gasteiger partial charge < -0.3 is 19.5 Å². The number of aliphatic hydroxyl groups excluding tert-OH is 1. The Morgan fingerprint density at radius 3 is 2.74 bits per heavy atom. The number of carboxylic acids is 1. The summed E-state index contributed by atoms with van der Waals surface area (Å²) in [5.74, 6) is -0.726. The molecule has 0 bridgehead atoms. The molecular weight excluding hydrogens is 250 g/mol. The van der Waals surface area contributed by atoms with E-state index in [4.69, 9.17) is 14.9 Å². The van der Waals surface area contributed by atoms with Gasteiger partial charge in [0, 0.05) is 24.2 Å². The number of nitrogens with zero attached hydrogens (tertiary/aromatic N) is 1. The molecule has 0 saturated heterocycles. The molecule has 0 atom stereocenters. The fourth-order valence-corrected chi connectivity index (χ4v) is 1.94. The van der Waals surface area contributed by atoms with Crippen LogP contribution in [-0.4, -0.2) is 34.5 Å². The number of ether oxygens (including phenoxy) is 1. The molecule has 6 nitrogen and oxygen atoms in total. The van der Waals surface area contributed by atoms with Gasteiger partial charge in [-0.3, -0.25) is 4.79 Å². The third-order valence-electron chi connectivity index (χ3n) is 2.86. The first-order chi connectivity index (χ1) is 9.08. The molecule has 2 aromatic rings. The standard InChI is InChI=1S/C13H13NO5/c1-19-8-2-3-9-11(6-8)14(4-5-15)7-10(12(9)16)13(17)18/h2-3,6-7,15H,4-5H2,1H3,(H,17,18). The molecule has 0 fully saturated rings. The van der Waals surface area contributed by atoms with E-state index in [1.54, 1.807) is 12.1 Å². The number of carbonyl (C=O) groups is 1. The second-order valence-corrected chi connectivity index (χ2v) is 3.98. The molecule has 0 saturated carbocycles. The average molecular weight is 263 g/mol. The Morgan fingerprint density at radius 1 is 1.42 bits per heavy atom. The first kappa shape index (κ1) is 13.1. The maximum Gasteiger partial charge on any atom is 0.341 e. The Bertz CT molecular complexity index is 689. The zero-order valence-electron chi connectivity index (χ0n) is 10.3. The van der Waals surface area contributed by atoms with Gasteiger partial charge in [0.05, 0.1) is 19.2 Å². The number of hydrogen-bond acceptors (Lipinski definition) is 4. The number of fused-ring (bicyclic) bond motifs is 1. The van der Waals surface area contributed by atoms with E-state index in [0.29, 0.717) is 11.3 Å². The van der Waals surface area contributed by atoms with Crippen LogP contribution in [-0.2, 0) is 6.54 Å². The molecule has 0 spiro atoms. The molecule has 19 heavy (non-hydrogen) atoms. The van der Waals surface area contributed by atoms with Gasteiger partial charge in [0.25, 0.3) is 0 Å². The largest absolute Gasteiger partial charge is 0.497 e. The Hall–Kier alpha value is -2.34. The van der Waals surface area contributed by atoms with Crippen molar-refractivity contribution in [2.75, 3.05) is 13.7 Å². The van der Waals surface area contributed by atoms with E-state index < -0.39 is 11.4 Å². The summed E-state index contributed by atoms with van der Waals surface area (Å²) in [4.78, 5) is 23.1. The van der Waals surface area contributed by atoms with E-state index in [1.165, 1.54) is 23.9 Å². The second-order valence-electron chi connectivity index (χ2n) is 3.98. The Balaban J connectivity index is 2.83. The van der Waals surface area contributed by atoms with Gasteiger partial charge in [0.1, 0.15) is 11.3 Å². The minimum atomic E-state index is -1.28. The minimum absolute atomic E-state index is 0.158. The van der Waals surface area contributed by atoms with E-state index in [9.17, 15) is 9.59 Å². The van der Waals surface area contributed by atoms with Crippen molar-refractivity contribution >= 4 is 16.9 Å². The quantitative estimate of drug-likeness (QED) is 0.847. The number of hydrogen-bond donors (Lipinski definition) is 2. The van der Waals surface area contributed by atoms with Crippen LogP contribution in [0, 0.1) is 0 Å². The Labute approximate surface area is 108 Å². The highest BCUT2D eigenvalue weighted by molar-refractivity contribution is 5.92. The van der Waals surface area contributed by atoms with E-state index in [2.05, 4.69) is 0 Å². The molecule has 2 rings (SSSR count). The molecule has 2 N–H and O–H groups in total. The molecule has 100 valence electrons. The van der Waals surface area contributed by atoms with Gasteiger partial charge >= 0.3 is 5.97 Å². The van der Waals surface area contributed by atoms with Crippen LogP contribution in [0.4, 0.5) is 0 Å². The average Bonchev–Trinajstić information content (AvgIpc) is 2.41. The maximum atomic E-state index is 12.0. The van der Waals surface area contributed by atoms with Gasteiger partial charge in [0.2, 0.25) is 5.43 Å². The van der Waals surface area contributed by atoms with Crippen LogP contribution in [0.5, 0.6) is 5.75 Å². The predicted molar refractivity (Wildman–Crippen MR) is 68.8 cm³/mol. The van der Waals surface area contributed by atoms with Crippen LogP contribution >= 0.6 is 0 Å². The molecule has 0 aliphatic heterocycles. The maximum absolute atomic E-state index is 12.0. The molecule has 1 aromatic heterocycles. The monoisotopic (exact) mass is 263 g/mol. The molecule has 0 unspecified atom stereocenters. The summed E-state index contributed by atoms with van der Waals surface area (Å²) in [6.45, 7) is 0.0401. The van der Waals surface area contributed by atoms with Crippen LogP contribution < -0.4 is 10.2 Å². The fraction of sp³-hybridized carbons (Fsp3) is 0.231. The SMILES string of the molecule is COc1ccc2c(=O)c(C(=O)O)cn(CCO)c2c1. The lowest BCUT2D eigenvalue weighted by molar-refractivity contribution is 0.0694. The minimum Gasteiger partial charge on any atom is -0.497 e. The number of methoxy groups -OCH3 is 1. The predicted octanol–water partition coefficient (Wildman–Crippen LogP) is 0.701. The molecule has 0 aliphatic rings. The van der Waals surface area contributed by atoms with Crippen molar-refractivity contribution in [2.24, 2.45) is 0 Å². The Morgan fingerprint density at radius 2 is 2.16 bits per heavy atom. The first-order valence-corrected chi connectivity index (χ1v) is 5.64. The van der Waals surface area contributed by atoms with Crippen LogP contribution in [0.15, 0.2) is 29.2 Å². The lowest BCUT2D eigenvalue weighted by Crippen LogP contribution is -2.19. The number of aromatic nitrogens is 1. The van der Waals surface area contributed by atoms with Crippen molar-refractivity contribution in [2.45, 2.75) is 6.54 Å². The van der Waals surface area contributed by atoms with Crippen molar-refractivity contribution in [3.05, 3.63) is 40.2 Å². The summed E-state index contributed by atoms with van der Waals surface area (Å²) in [6, 6.07) is 4.76. The lowest BCUT2D eigenvalue weighted by Gasteiger charge is -2.12. The Kier molecular flexibility index (Phi) is 3.52. The van der Waals surface area contributed by atoms with Crippen molar-refractivity contribution in [1.82, 2.24) is 4.57 Å². The number of rotatable bonds is 4. The molecule has 0 aliphatic carbocycles. The van der Waals surface area contributed by atoms with Crippen LogP contribution in [0.25, 0.3) is 10.9 Å². The summed E-state index contributed by atoms with van der Waals surface area (Å²) in [5.41, 5.74) is -0.325. The highest BCUT2D eigenvalue weighted by atomic mass is 16.5. The topological polar surface area (TPSA) is 88.8 Å². The van der Waals surface area contributed by atoms with Crippen LogP contribution in [0.2, 0.25) is 0 Å². The molecule has 0 amide bonds. The van der Waals surface area contributed by atoms with Crippen molar-refractivity contribution in [3.63, 3.8) is 0 Å². The molecule has 0 radical (unpaired) electrons. The molecule has 6 heteroatoms. The highest BCUT2D eigenvalue weighted by Crippen LogP contribution is 2.19. The summed E-state index contributed by atoms with van der Waals surface area (Å²) >= 11 is 0. The van der Waals surface area contributed by atoms with E-state index in [-0.39, 0.29) is 24.1 Å². The van der Waals surface area contributed by atoms with Gasteiger partial charge in [0.15, 0.2) is 0 Å². The summed E-state index contributed by atoms with van der Waals surface area (Å²) in [6.07, 6.45) is 1.24. The van der Waals surface area contributed by atoms with Gasteiger partial charge in [-0.05, 0) is 12.1 Å². The van der Waals surface area contributed by atoms with Crippen molar-refractivity contribution in [3.8, 4) is 5.75 Å². The fourth-order valence-electron chi connectivity index (χ4n) is 1.94. The van der Waals surface area contributed by atoms with Crippen LogP contribution in [0.3, 0.4) is 0 Å². The zero-order valence-corrected chi connectivity index (χ0v) is 10.3. The van der Waals surface area contributed by atoms with Gasteiger partial charge in [-0.2, -0.15) is 0 Å². The van der Waals surface area contributed by atoms with Crippen LogP contribution in [0.1, 0.15) is 10.4 Å². The number of aliphatic hydroxyl groups is 1. The molecule has 1 aromatic carbocycles. The molecular formula is C13H13NO5. The van der Waals surface area contributed by atoms with E-state index in [0.717, 1.165) is 0 Å². The van der Waals surface area contributed by atoms with Gasteiger partial charge in [-0.15, -0.1) is 0 Å². The first-order valence-electron chi connectivity index (χ1n) is 5.64.